The Balaban J connectivity index is 1.91. The Labute approximate surface area is 186 Å². The molecule has 0 radical (unpaired) electrons. The molecule has 8 heteroatoms. The van der Waals surface area contributed by atoms with Crippen LogP contribution >= 0.6 is 0 Å². The van der Waals surface area contributed by atoms with Crippen molar-refractivity contribution in [3.8, 4) is 5.75 Å². The predicted octanol–water partition coefficient (Wildman–Crippen LogP) is 4.02. The van der Waals surface area contributed by atoms with Gasteiger partial charge in [-0.2, -0.15) is 0 Å². The maximum atomic E-state index is 12.3. The number of amides is 1. The number of nitrogens with one attached hydrogen (secondary N) is 2. The molecule has 2 aromatic carbocycles. The molecule has 3 rings (SSSR count). The molecule has 1 heterocycles. The zero-order valence-corrected chi connectivity index (χ0v) is 19.2. The average Bonchev–Trinajstić information content (AvgIpc) is 3.15. The molecule has 0 saturated heterocycles. The van der Waals surface area contributed by atoms with Gasteiger partial charge in [0.25, 0.3) is 16.8 Å². The van der Waals surface area contributed by atoms with E-state index in [1.165, 1.54) is 17.0 Å². The van der Waals surface area contributed by atoms with Crippen LogP contribution < -0.4 is 21.5 Å². The van der Waals surface area contributed by atoms with Gasteiger partial charge in [0, 0.05) is 14.1 Å². The first-order valence-corrected chi connectivity index (χ1v) is 10.6. The van der Waals surface area contributed by atoms with Crippen molar-refractivity contribution in [1.29, 1.82) is 0 Å². The number of furan rings is 1. The molecular formula is C24H29N3O5. The molecule has 0 aliphatic heterocycles. The van der Waals surface area contributed by atoms with Crippen LogP contribution in [0, 0.1) is 6.92 Å². The highest BCUT2D eigenvalue weighted by Gasteiger charge is 2.27. The van der Waals surface area contributed by atoms with E-state index in [9.17, 15) is 19.5 Å². The third kappa shape index (κ3) is 4.12. The fourth-order valence-electron chi connectivity index (χ4n) is 3.65. The maximum Gasteiger partial charge on any atom is 0.257 e. The van der Waals surface area contributed by atoms with Crippen molar-refractivity contribution in [3.05, 3.63) is 67.4 Å². The number of hydrogen-bond acceptors (Lipinski definition) is 7. The molecule has 8 nitrogen and oxygen atoms in total. The largest absolute Gasteiger partial charge is 0.505 e. The Kier molecular flexibility index (Phi) is 6.43. The number of phenols is 1. The smallest absolute Gasteiger partial charge is 0.257 e. The monoisotopic (exact) mass is 439 g/mol. The van der Waals surface area contributed by atoms with Crippen molar-refractivity contribution in [3.63, 3.8) is 0 Å². The van der Waals surface area contributed by atoms with Gasteiger partial charge in [0.2, 0.25) is 0 Å². The third-order valence-corrected chi connectivity index (χ3v) is 5.51. The molecule has 170 valence electrons. The van der Waals surface area contributed by atoms with Gasteiger partial charge in [-0.25, -0.2) is 0 Å². The molecule has 0 aliphatic rings. The Morgan fingerprint density at radius 1 is 1.16 bits per heavy atom. The molecule has 1 aromatic heterocycles. The first kappa shape index (κ1) is 23.1. The normalized spacial score (nSPS) is 12.2. The van der Waals surface area contributed by atoms with Gasteiger partial charge in [0.05, 0.1) is 17.3 Å². The van der Waals surface area contributed by atoms with E-state index in [1.807, 2.05) is 19.9 Å². The quantitative estimate of drug-likeness (QED) is 0.359. The topological polar surface area (TPSA) is 112 Å². The SMILES string of the molecule is CCC(Nc1c(Nc2cccc(C(=O)N(C)C)c2O)c(=O)c1=O)c1cc(C(C)C)c(C)o1. The number of phenolic OH excluding ortho intramolecular Hbond substituents is 1. The van der Waals surface area contributed by atoms with Gasteiger partial charge in [-0.3, -0.25) is 14.4 Å². The second-order valence-electron chi connectivity index (χ2n) is 8.35. The molecule has 32 heavy (non-hydrogen) atoms. The van der Waals surface area contributed by atoms with Crippen LogP contribution in [0.5, 0.6) is 5.75 Å². The van der Waals surface area contributed by atoms with Crippen LogP contribution in [-0.2, 0) is 0 Å². The van der Waals surface area contributed by atoms with Crippen molar-refractivity contribution in [1.82, 2.24) is 4.90 Å². The lowest BCUT2D eigenvalue weighted by Crippen LogP contribution is -2.37. The molecule has 3 N–H and O–H groups in total. The highest BCUT2D eigenvalue weighted by molar-refractivity contribution is 5.99. The highest BCUT2D eigenvalue weighted by atomic mass is 16.3. The van der Waals surface area contributed by atoms with Crippen LogP contribution in [0.25, 0.3) is 0 Å². The number of aryl methyl sites for hydroxylation is 1. The van der Waals surface area contributed by atoms with Crippen LogP contribution in [0.2, 0.25) is 0 Å². The molecule has 0 aliphatic carbocycles. The molecule has 0 fully saturated rings. The van der Waals surface area contributed by atoms with E-state index in [4.69, 9.17) is 4.42 Å². The van der Waals surface area contributed by atoms with Crippen molar-refractivity contribution in [2.24, 2.45) is 0 Å². The fourth-order valence-corrected chi connectivity index (χ4v) is 3.65. The van der Waals surface area contributed by atoms with Crippen LogP contribution in [0.15, 0.2) is 38.3 Å². The lowest BCUT2D eigenvalue weighted by Gasteiger charge is -2.21. The third-order valence-electron chi connectivity index (χ3n) is 5.51. The number of nitrogens with zero attached hydrogens (tertiary/aromatic N) is 1. The van der Waals surface area contributed by atoms with Crippen molar-refractivity contribution >= 4 is 23.0 Å². The van der Waals surface area contributed by atoms with E-state index in [0.29, 0.717) is 18.1 Å². The first-order chi connectivity index (χ1) is 15.1. The predicted molar refractivity (Wildman–Crippen MR) is 125 cm³/mol. The maximum absolute atomic E-state index is 12.3. The van der Waals surface area contributed by atoms with Gasteiger partial charge in [0.1, 0.15) is 22.9 Å². The number of para-hydroxylation sites is 1. The van der Waals surface area contributed by atoms with E-state index < -0.39 is 10.9 Å². The molecule has 1 unspecified atom stereocenters. The number of benzene rings is 1. The van der Waals surface area contributed by atoms with E-state index in [1.54, 1.807) is 20.2 Å². The van der Waals surface area contributed by atoms with Gasteiger partial charge >= 0.3 is 0 Å². The van der Waals surface area contributed by atoms with E-state index in [0.717, 1.165) is 11.3 Å². The summed E-state index contributed by atoms with van der Waals surface area (Å²) in [5.41, 5.74) is 0.193. The van der Waals surface area contributed by atoms with Crippen molar-refractivity contribution < 1.29 is 14.3 Å². The summed E-state index contributed by atoms with van der Waals surface area (Å²) in [5.74, 6) is 1.14. The van der Waals surface area contributed by atoms with Gasteiger partial charge in [-0.15, -0.1) is 0 Å². The highest BCUT2D eigenvalue weighted by Crippen LogP contribution is 2.34. The van der Waals surface area contributed by atoms with Crippen LogP contribution in [-0.4, -0.2) is 30.0 Å². The van der Waals surface area contributed by atoms with Crippen LogP contribution in [0.4, 0.5) is 17.1 Å². The number of anilines is 3. The summed E-state index contributed by atoms with van der Waals surface area (Å²) >= 11 is 0. The Hall–Kier alpha value is -3.55. The standard InChI is InChI=1S/C24H29N3O5/c1-7-16(18-11-15(12(2)3)13(4)32-18)25-19-20(23(30)22(19)29)26-17-10-8-9-14(21(17)28)24(31)27(5)6/h8-12,16,25-26,28H,7H2,1-6H3. The second-order valence-corrected chi connectivity index (χ2v) is 8.35. The zero-order valence-electron chi connectivity index (χ0n) is 19.2. The van der Waals surface area contributed by atoms with E-state index >= 15 is 0 Å². The molecule has 0 saturated carbocycles. The van der Waals surface area contributed by atoms with Crippen molar-refractivity contribution in [2.45, 2.75) is 46.1 Å². The second kappa shape index (κ2) is 8.90. The summed E-state index contributed by atoms with van der Waals surface area (Å²) in [5, 5.41) is 16.5. The fraction of sp³-hybridized carbons (Fsp3) is 0.375. The molecular weight excluding hydrogens is 410 g/mol. The van der Waals surface area contributed by atoms with Crippen LogP contribution in [0.3, 0.4) is 0 Å². The number of carbonyl (C=O) groups excluding carboxylic acids is 1. The summed E-state index contributed by atoms with van der Waals surface area (Å²) in [7, 11) is 3.15. The Morgan fingerprint density at radius 2 is 1.81 bits per heavy atom. The zero-order chi connectivity index (χ0) is 23.7. The summed E-state index contributed by atoms with van der Waals surface area (Å²) in [6, 6.07) is 6.28. The molecule has 3 aromatic rings. The molecule has 0 bridgehead atoms. The first-order valence-electron chi connectivity index (χ1n) is 10.6. The van der Waals surface area contributed by atoms with E-state index in [2.05, 4.69) is 24.5 Å². The molecule has 1 atom stereocenters. The van der Waals surface area contributed by atoms with Gasteiger partial charge in [0.15, 0.2) is 5.75 Å². The summed E-state index contributed by atoms with van der Waals surface area (Å²) in [4.78, 5) is 38.2. The lowest BCUT2D eigenvalue weighted by molar-refractivity contribution is 0.0824. The van der Waals surface area contributed by atoms with Gasteiger partial charge < -0.3 is 25.1 Å². The van der Waals surface area contributed by atoms with Gasteiger partial charge in [-0.05, 0) is 43.0 Å². The number of carbonyl (C=O) groups is 1. The minimum absolute atomic E-state index is 0.0468. The number of hydrogen-bond donors (Lipinski definition) is 3. The summed E-state index contributed by atoms with van der Waals surface area (Å²) < 4.78 is 5.91. The Morgan fingerprint density at radius 3 is 2.38 bits per heavy atom. The molecule has 1 amide bonds. The lowest BCUT2D eigenvalue weighted by atomic mass is 10.0. The minimum atomic E-state index is -0.690. The van der Waals surface area contributed by atoms with Gasteiger partial charge in [-0.1, -0.05) is 26.8 Å². The van der Waals surface area contributed by atoms with E-state index in [-0.39, 0.29) is 40.3 Å². The molecule has 0 spiro atoms. The summed E-state index contributed by atoms with van der Waals surface area (Å²) in [6.45, 7) is 8.01. The number of aromatic hydroxyl groups is 1. The Bertz CT molecular complexity index is 1220. The minimum Gasteiger partial charge on any atom is -0.505 e. The summed E-state index contributed by atoms with van der Waals surface area (Å²) in [6.07, 6.45) is 0.626. The number of rotatable bonds is 8. The van der Waals surface area contributed by atoms with Crippen LogP contribution in [0.1, 0.15) is 66.6 Å². The average molecular weight is 440 g/mol. The van der Waals surface area contributed by atoms with Crippen molar-refractivity contribution in [2.75, 3.05) is 24.7 Å².